The van der Waals surface area contributed by atoms with E-state index in [4.69, 9.17) is 43.6 Å². The number of fused-ring (bicyclic) bond motifs is 1. The maximum absolute atomic E-state index is 14.7. The number of nitrogens with zero attached hydrogens (tertiary/aromatic N) is 3. The van der Waals surface area contributed by atoms with Crippen molar-refractivity contribution in [3.63, 3.8) is 0 Å². The quantitative estimate of drug-likeness (QED) is 0.0297. The van der Waals surface area contributed by atoms with Crippen molar-refractivity contribution < 1.29 is 71.1 Å². The molecule has 0 bridgehead atoms. The molecule has 500 valence electrons. The summed E-state index contributed by atoms with van der Waals surface area (Å²) in [6.07, 6.45) is 0.413. The molecule has 0 saturated carbocycles. The van der Waals surface area contributed by atoms with Gasteiger partial charge in [0.2, 0.25) is 35.4 Å². The van der Waals surface area contributed by atoms with E-state index in [2.05, 4.69) is 26.3 Å². The summed E-state index contributed by atoms with van der Waals surface area (Å²) >= 11 is 1.44. The number of likely N-dealkylation sites (tertiary alicyclic amines) is 1. The smallest absolute Gasteiger partial charge is 0.247 e. The molecule has 3 aromatic carbocycles. The van der Waals surface area contributed by atoms with Gasteiger partial charge in [-0.15, -0.1) is 11.3 Å². The van der Waals surface area contributed by atoms with Gasteiger partial charge in [0.15, 0.2) is 0 Å². The lowest BCUT2D eigenvalue weighted by Gasteiger charge is -2.41. The van der Waals surface area contributed by atoms with Crippen molar-refractivity contribution in [3.8, 4) is 10.6 Å². The van der Waals surface area contributed by atoms with Gasteiger partial charge in [0.25, 0.3) is 0 Å². The molecule has 0 radical (unpaired) electrons. The zero-order chi connectivity index (χ0) is 65.8. The number of ether oxygens (including phenoxy) is 8. The number of anilines is 1. The number of halogens is 1. The van der Waals surface area contributed by atoms with Crippen LogP contribution < -0.4 is 27.0 Å². The summed E-state index contributed by atoms with van der Waals surface area (Å²) in [4.78, 5) is 93.0. The first kappa shape index (κ1) is 74.7. The molecule has 6 N–H and O–H groups in total. The molecule has 1 aromatic heterocycles. The first-order valence-corrected chi connectivity index (χ1v) is 32.2. The fourth-order valence-electron chi connectivity index (χ4n) is 10.8. The SMILES string of the molecule is CCC(C)C(C(CC(=O)N1CCC[C@H]1C(OC)C(C)C(=O)NC(Cc1ccccc1)C(=O)Nc1ccc(-c2nc3cc(F)ccc3s2)cc1C)OC)N(C)C(=O)C(NC(=O)C(C)(C)NC(=O)CCOCCOCCOCCOCCOCCOCCN)C(C)C. The number of aromatic nitrogens is 1. The van der Waals surface area contributed by atoms with E-state index in [1.807, 2.05) is 77.1 Å². The third-order valence-electron chi connectivity index (χ3n) is 16.1. The second-order valence-electron chi connectivity index (χ2n) is 23.6. The predicted molar refractivity (Wildman–Crippen MR) is 344 cm³/mol. The van der Waals surface area contributed by atoms with E-state index < -0.39 is 71.5 Å². The van der Waals surface area contributed by atoms with Crippen LogP contribution in [-0.4, -0.2) is 206 Å². The van der Waals surface area contributed by atoms with Crippen LogP contribution >= 0.6 is 11.3 Å². The van der Waals surface area contributed by atoms with Gasteiger partial charge < -0.3 is 74.7 Å². The Kier molecular flexibility index (Phi) is 32.1. The number of benzene rings is 3. The standard InChI is InChI=1S/C66H99FN8O14S/c1-12-44(4)59(74(9)64(80)58(43(2)3)72-65(81)66(7,8)73-56(76)24-27-84-29-31-86-33-35-88-37-38-89-36-34-87-32-30-85-28-25-68)54(82-10)42-57(77)75-26-16-19-53(75)60(83-11)46(6)61(78)70-52(40-47-17-14-13-15-18-47)62(79)69-50-22-20-48(39-45(50)5)63-71-51-41-49(67)21-23-55(51)90-63/h13-15,17-18,20-23,39,41,43-44,46,52-54,58-60H,12,16,19,24-38,40,42,68H2,1-11H3,(H,69,79)(H,70,78)(H,72,81)(H,73,76)/t44?,46?,52?,53-,54?,58?,59?,60?/m0/s1. The third-order valence-corrected chi connectivity index (χ3v) is 17.2. The summed E-state index contributed by atoms with van der Waals surface area (Å²) in [5, 5.41) is 12.5. The van der Waals surface area contributed by atoms with Crippen molar-refractivity contribution in [2.24, 2.45) is 23.5 Å². The molecular weight excluding hydrogens is 1180 g/mol. The Balaban J connectivity index is 1.12. The summed E-state index contributed by atoms with van der Waals surface area (Å²) in [5.74, 6) is -4.15. The summed E-state index contributed by atoms with van der Waals surface area (Å²) in [5.41, 5.74) is 7.51. The average Bonchev–Trinajstić information content (AvgIpc) is 1.58. The number of thiazole rings is 1. The molecule has 5 rings (SSSR count). The Labute approximate surface area is 534 Å². The molecule has 4 aromatic rings. The van der Waals surface area contributed by atoms with Crippen molar-refractivity contribution in [1.29, 1.82) is 0 Å². The molecule has 8 atom stereocenters. The van der Waals surface area contributed by atoms with Crippen LogP contribution in [-0.2, 0) is 73.1 Å². The summed E-state index contributed by atoms with van der Waals surface area (Å²) in [6, 6.07) is 16.4. The van der Waals surface area contributed by atoms with Crippen molar-refractivity contribution in [3.05, 3.63) is 83.7 Å². The minimum Gasteiger partial charge on any atom is -0.379 e. The van der Waals surface area contributed by atoms with E-state index in [9.17, 15) is 33.2 Å². The molecule has 90 heavy (non-hydrogen) atoms. The van der Waals surface area contributed by atoms with Crippen LogP contribution in [0.4, 0.5) is 10.1 Å². The van der Waals surface area contributed by atoms with E-state index >= 15 is 0 Å². The van der Waals surface area contributed by atoms with Gasteiger partial charge in [0, 0.05) is 64.5 Å². The van der Waals surface area contributed by atoms with Crippen LogP contribution in [0.1, 0.15) is 91.7 Å². The number of hydrogen-bond donors (Lipinski definition) is 5. The maximum Gasteiger partial charge on any atom is 0.247 e. The zero-order valence-corrected chi connectivity index (χ0v) is 55.4. The van der Waals surface area contributed by atoms with Crippen molar-refractivity contribution in [1.82, 2.24) is 30.7 Å². The number of aryl methyl sites for hydroxylation is 1. The highest BCUT2D eigenvalue weighted by molar-refractivity contribution is 7.21. The minimum atomic E-state index is -1.40. The number of rotatable bonds is 42. The third kappa shape index (κ3) is 23.3. The Hall–Kier alpha value is -6.06. The number of nitrogens with two attached hydrogens (primary N) is 1. The lowest BCUT2D eigenvalue weighted by Crippen LogP contribution is -2.62. The average molecular weight is 1280 g/mol. The van der Waals surface area contributed by atoms with Gasteiger partial charge in [-0.3, -0.25) is 28.8 Å². The van der Waals surface area contributed by atoms with E-state index in [-0.39, 0.29) is 61.9 Å². The molecule has 6 amide bonds. The number of carbonyl (C=O) groups excluding carboxylic acids is 6. The highest BCUT2D eigenvalue weighted by Crippen LogP contribution is 2.34. The number of nitrogens with one attached hydrogen (secondary N) is 4. The molecule has 1 aliphatic heterocycles. The normalized spacial score (nSPS) is 15.8. The maximum atomic E-state index is 14.7. The van der Waals surface area contributed by atoms with Crippen molar-refractivity contribution >= 4 is 62.7 Å². The number of carbonyl (C=O) groups is 6. The van der Waals surface area contributed by atoms with Crippen molar-refractivity contribution in [2.75, 3.05) is 119 Å². The van der Waals surface area contributed by atoms with Crippen LogP contribution in [0.3, 0.4) is 0 Å². The molecular formula is C66H99FN8O14S. The molecule has 22 nitrogen and oxygen atoms in total. The van der Waals surface area contributed by atoms with Gasteiger partial charge in [-0.25, -0.2) is 9.37 Å². The summed E-state index contributed by atoms with van der Waals surface area (Å²) in [7, 11) is 4.68. The van der Waals surface area contributed by atoms with Gasteiger partial charge >= 0.3 is 0 Å². The monoisotopic (exact) mass is 1280 g/mol. The number of amides is 6. The van der Waals surface area contributed by atoms with Crippen LogP contribution in [0.5, 0.6) is 0 Å². The second kappa shape index (κ2) is 38.7. The van der Waals surface area contributed by atoms with E-state index in [0.29, 0.717) is 115 Å². The Morgan fingerprint density at radius 2 is 1.40 bits per heavy atom. The van der Waals surface area contributed by atoms with Gasteiger partial charge in [0.05, 0.1) is 126 Å². The largest absolute Gasteiger partial charge is 0.379 e. The first-order valence-electron chi connectivity index (χ1n) is 31.4. The second-order valence-corrected chi connectivity index (χ2v) is 24.6. The van der Waals surface area contributed by atoms with Crippen LogP contribution in [0.15, 0.2) is 66.7 Å². The van der Waals surface area contributed by atoms with Gasteiger partial charge in [-0.1, -0.05) is 71.4 Å². The van der Waals surface area contributed by atoms with E-state index in [0.717, 1.165) is 21.4 Å². The van der Waals surface area contributed by atoms with Gasteiger partial charge in [-0.2, -0.15) is 0 Å². The van der Waals surface area contributed by atoms with Crippen LogP contribution in [0.25, 0.3) is 20.8 Å². The number of likely N-dealkylation sites (N-methyl/N-ethyl adjacent to an activating group) is 1. The Morgan fingerprint density at radius 1 is 0.789 bits per heavy atom. The molecule has 0 spiro atoms. The predicted octanol–water partition coefficient (Wildman–Crippen LogP) is 6.48. The zero-order valence-electron chi connectivity index (χ0n) is 54.6. The van der Waals surface area contributed by atoms with E-state index in [1.165, 1.54) is 37.7 Å². The molecule has 0 aliphatic carbocycles. The highest BCUT2D eigenvalue weighted by Gasteiger charge is 2.44. The van der Waals surface area contributed by atoms with Crippen molar-refractivity contribution in [2.45, 2.75) is 136 Å². The number of hydrogen-bond acceptors (Lipinski definition) is 17. The molecule has 1 fully saturated rings. The number of methoxy groups -OCH3 is 2. The fourth-order valence-corrected chi connectivity index (χ4v) is 11.8. The molecule has 1 aliphatic rings. The molecule has 7 unspecified atom stereocenters. The van der Waals surface area contributed by atoms with Gasteiger partial charge in [-0.05, 0) is 86.9 Å². The first-order chi connectivity index (χ1) is 43.1. The van der Waals surface area contributed by atoms with Gasteiger partial charge in [0.1, 0.15) is 28.4 Å². The molecule has 2 heterocycles. The molecule has 1 saturated heterocycles. The van der Waals surface area contributed by atoms with E-state index in [1.54, 1.807) is 49.8 Å². The summed E-state index contributed by atoms with van der Waals surface area (Å²) in [6.45, 7) is 19.9. The summed E-state index contributed by atoms with van der Waals surface area (Å²) < 4.78 is 59.8. The Bertz CT molecular complexity index is 2870. The lowest BCUT2D eigenvalue weighted by atomic mass is 9.89. The minimum absolute atomic E-state index is 0.0110. The lowest BCUT2D eigenvalue weighted by molar-refractivity contribution is -0.148. The highest BCUT2D eigenvalue weighted by atomic mass is 32.1. The fraction of sp³-hybridized carbons (Fsp3) is 0.621. The molecule has 24 heteroatoms. The Morgan fingerprint density at radius 3 is 1.97 bits per heavy atom. The topological polar surface area (TPSA) is 270 Å². The van der Waals surface area contributed by atoms with Crippen LogP contribution in [0.2, 0.25) is 0 Å². The van der Waals surface area contributed by atoms with Crippen LogP contribution in [0, 0.1) is 30.5 Å².